The molecule has 0 saturated carbocycles. The number of rotatable bonds is 14. The Balaban J connectivity index is 1.31. The highest BCUT2D eigenvalue weighted by Crippen LogP contribution is 2.32. The number of aliphatic hydroxyl groups is 2. The molecule has 0 bridgehead atoms. The molecule has 1 fully saturated rings. The third kappa shape index (κ3) is 11.2. The van der Waals surface area contributed by atoms with Gasteiger partial charge in [-0.3, -0.25) is 9.69 Å². The van der Waals surface area contributed by atoms with E-state index in [9.17, 15) is 19.8 Å². The minimum Gasteiger partial charge on any atom is -0.492 e. The standard InChI is InChI=1S/C39H51N3O6S/c1-39(2,3)48-38(46)40-33(24-27-9-5-4-6-10-27)34(43)26-30(37(45)41-36-32-12-8-7-11-29(32)25-35(36)44)23-28-13-15-31(16-14-28)47-20-17-42-18-21-49-22-19-42/h4-16,30,33-36,43-44H,17-26H2,1-3H3,(H,40,46)(H,41,45)/t30-,33+,34+,35-,36?/m1/s1. The molecule has 4 N–H and O–H groups in total. The number of nitrogens with one attached hydrogen (secondary N) is 2. The summed E-state index contributed by atoms with van der Waals surface area (Å²) in [4.78, 5) is 29.4. The van der Waals surface area contributed by atoms with Crippen LogP contribution in [-0.4, -0.2) is 88.7 Å². The van der Waals surface area contributed by atoms with E-state index in [0.717, 1.165) is 59.1 Å². The maximum absolute atomic E-state index is 14.1. The van der Waals surface area contributed by atoms with Crippen molar-refractivity contribution in [2.45, 2.75) is 76.3 Å². The van der Waals surface area contributed by atoms with Crippen molar-refractivity contribution < 1.29 is 29.3 Å². The van der Waals surface area contributed by atoms with Crippen LogP contribution >= 0.6 is 11.8 Å². The molecule has 9 nitrogen and oxygen atoms in total. The summed E-state index contributed by atoms with van der Waals surface area (Å²) in [5.74, 6) is 2.17. The third-order valence-corrected chi connectivity index (χ3v) is 9.99. The van der Waals surface area contributed by atoms with Gasteiger partial charge >= 0.3 is 6.09 Å². The Bertz CT molecular complexity index is 1490. The normalized spacial score (nSPS) is 19.7. The van der Waals surface area contributed by atoms with Crippen LogP contribution in [0.15, 0.2) is 78.9 Å². The molecule has 2 amide bonds. The average molecular weight is 690 g/mol. The van der Waals surface area contributed by atoms with Crippen LogP contribution in [0.4, 0.5) is 4.79 Å². The van der Waals surface area contributed by atoms with Crippen molar-refractivity contribution in [3.63, 3.8) is 0 Å². The molecule has 5 atom stereocenters. The Morgan fingerprint density at radius 3 is 2.33 bits per heavy atom. The van der Waals surface area contributed by atoms with Crippen LogP contribution in [-0.2, 0) is 28.8 Å². The van der Waals surface area contributed by atoms with Crippen LogP contribution < -0.4 is 15.4 Å². The minimum atomic E-state index is -1.07. The number of carbonyl (C=O) groups is 2. The van der Waals surface area contributed by atoms with E-state index in [0.29, 0.717) is 25.9 Å². The van der Waals surface area contributed by atoms with Crippen LogP contribution in [0.25, 0.3) is 0 Å². The largest absolute Gasteiger partial charge is 0.492 e. The molecular weight excluding hydrogens is 639 g/mol. The maximum atomic E-state index is 14.1. The van der Waals surface area contributed by atoms with E-state index in [1.165, 1.54) is 0 Å². The van der Waals surface area contributed by atoms with Crippen molar-refractivity contribution in [2.24, 2.45) is 5.92 Å². The van der Waals surface area contributed by atoms with Gasteiger partial charge in [-0.25, -0.2) is 4.79 Å². The monoisotopic (exact) mass is 689 g/mol. The summed E-state index contributed by atoms with van der Waals surface area (Å²) in [7, 11) is 0. The number of alkyl carbamates (subject to hydrolysis) is 1. The highest BCUT2D eigenvalue weighted by molar-refractivity contribution is 7.99. The van der Waals surface area contributed by atoms with Gasteiger partial charge < -0.3 is 30.3 Å². The molecule has 5 rings (SSSR count). The average Bonchev–Trinajstić information content (AvgIpc) is 3.39. The lowest BCUT2D eigenvalue weighted by molar-refractivity contribution is -0.127. The van der Waals surface area contributed by atoms with Gasteiger partial charge in [0.25, 0.3) is 0 Å². The predicted octanol–water partition coefficient (Wildman–Crippen LogP) is 4.93. The molecular formula is C39H51N3O6S. The quantitative estimate of drug-likeness (QED) is 0.188. The number of fused-ring (bicyclic) bond motifs is 1. The number of nitrogens with zero attached hydrogens (tertiary/aromatic N) is 1. The lowest BCUT2D eigenvalue weighted by Gasteiger charge is -2.30. The number of hydrogen-bond donors (Lipinski definition) is 4. The van der Waals surface area contributed by atoms with Crippen molar-refractivity contribution in [3.05, 3.63) is 101 Å². The molecule has 10 heteroatoms. The van der Waals surface area contributed by atoms with Crippen molar-refractivity contribution >= 4 is 23.8 Å². The number of carbonyl (C=O) groups excluding carboxylic acids is 2. The van der Waals surface area contributed by atoms with Crippen molar-refractivity contribution in [1.29, 1.82) is 0 Å². The summed E-state index contributed by atoms with van der Waals surface area (Å²) in [6.07, 6.45) is -1.20. The SMILES string of the molecule is CC(C)(C)OC(=O)N[C@@H](Cc1ccccc1)[C@@H](O)C[C@@H](Cc1ccc(OCCN2CCSCC2)cc1)C(=O)NC1c2ccccc2C[C@H]1O. The van der Waals surface area contributed by atoms with Crippen LogP contribution in [0.3, 0.4) is 0 Å². The van der Waals surface area contributed by atoms with Gasteiger partial charge in [0.05, 0.1) is 24.3 Å². The summed E-state index contributed by atoms with van der Waals surface area (Å²) in [6.45, 7) is 9.04. The van der Waals surface area contributed by atoms with E-state index in [2.05, 4.69) is 15.5 Å². The number of amides is 2. The summed E-state index contributed by atoms with van der Waals surface area (Å²) in [5, 5.41) is 28.6. The van der Waals surface area contributed by atoms with Crippen LogP contribution in [0.5, 0.6) is 5.75 Å². The van der Waals surface area contributed by atoms with E-state index < -0.39 is 41.9 Å². The number of ether oxygens (including phenoxy) is 2. The third-order valence-electron chi connectivity index (χ3n) is 9.05. The van der Waals surface area contributed by atoms with E-state index in [-0.39, 0.29) is 12.3 Å². The Hall–Kier alpha value is -3.57. The predicted molar refractivity (Wildman–Crippen MR) is 194 cm³/mol. The fourth-order valence-corrected chi connectivity index (χ4v) is 7.47. The highest BCUT2D eigenvalue weighted by Gasteiger charge is 2.35. The first-order valence-electron chi connectivity index (χ1n) is 17.3. The zero-order valence-corrected chi connectivity index (χ0v) is 29.7. The molecule has 49 heavy (non-hydrogen) atoms. The summed E-state index contributed by atoms with van der Waals surface area (Å²) >= 11 is 1.99. The maximum Gasteiger partial charge on any atom is 0.407 e. The lowest BCUT2D eigenvalue weighted by Crippen LogP contribution is -2.48. The summed E-state index contributed by atoms with van der Waals surface area (Å²) < 4.78 is 11.6. The number of thioether (sulfide) groups is 1. The molecule has 0 spiro atoms. The smallest absolute Gasteiger partial charge is 0.407 e. The Labute approximate surface area is 294 Å². The molecule has 1 unspecified atom stereocenters. The van der Waals surface area contributed by atoms with Gasteiger partial charge in [-0.05, 0) is 74.4 Å². The minimum absolute atomic E-state index is 0.0793. The zero-order valence-electron chi connectivity index (χ0n) is 28.8. The Kier molecular flexibility index (Phi) is 13.0. The van der Waals surface area contributed by atoms with Gasteiger partial charge in [0.1, 0.15) is 18.0 Å². The molecule has 0 aromatic heterocycles. The van der Waals surface area contributed by atoms with Crippen molar-refractivity contribution in [2.75, 3.05) is 37.7 Å². The molecule has 0 radical (unpaired) electrons. The molecule has 2 aliphatic rings. The first kappa shape index (κ1) is 36.7. The second kappa shape index (κ2) is 17.4. The Morgan fingerprint density at radius 2 is 1.61 bits per heavy atom. The summed E-state index contributed by atoms with van der Waals surface area (Å²) in [6, 6.07) is 23.9. The summed E-state index contributed by atoms with van der Waals surface area (Å²) in [5.41, 5.74) is 3.05. The zero-order chi connectivity index (χ0) is 34.8. The first-order valence-corrected chi connectivity index (χ1v) is 18.5. The van der Waals surface area contributed by atoms with Gasteiger partial charge in [0, 0.05) is 43.5 Å². The van der Waals surface area contributed by atoms with Gasteiger partial charge in [-0.15, -0.1) is 0 Å². The topological polar surface area (TPSA) is 120 Å². The number of hydrogen-bond acceptors (Lipinski definition) is 8. The Morgan fingerprint density at radius 1 is 0.939 bits per heavy atom. The first-order chi connectivity index (χ1) is 23.5. The second-order valence-corrected chi connectivity index (χ2v) is 15.3. The van der Waals surface area contributed by atoms with E-state index in [4.69, 9.17) is 9.47 Å². The van der Waals surface area contributed by atoms with Crippen LogP contribution in [0.1, 0.15) is 55.5 Å². The second-order valence-electron chi connectivity index (χ2n) is 14.0. The molecule has 1 saturated heterocycles. The molecule has 264 valence electrons. The molecule has 3 aromatic rings. The lowest BCUT2D eigenvalue weighted by atomic mass is 9.88. The van der Waals surface area contributed by atoms with Gasteiger partial charge in [0.15, 0.2) is 0 Å². The van der Waals surface area contributed by atoms with Gasteiger partial charge in [-0.1, -0.05) is 66.7 Å². The molecule has 3 aromatic carbocycles. The number of aliphatic hydroxyl groups excluding tert-OH is 2. The fourth-order valence-electron chi connectivity index (χ4n) is 6.49. The van der Waals surface area contributed by atoms with E-state index >= 15 is 0 Å². The highest BCUT2D eigenvalue weighted by atomic mass is 32.2. The van der Waals surface area contributed by atoms with Crippen LogP contribution in [0, 0.1) is 5.92 Å². The molecule has 1 heterocycles. The van der Waals surface area contributed by atoms with Crippen molar-refractivity contribution in [1.82, 2.24) is 15.5 Å². The van der Waals surface area contributed by atoms with E-state index in [1.54, 1.807) is 20.8 Å². The molecule has 1 aliphatic carbocycles. The van der Waals surface area contributed by atoms with E-state index in [1.807, 2.05) is 90.6 Å². The van der Waals surface area contributed by atoms with Gasteiger partial charge in [0.2, 0.25) is 5.91 Å². The fraction of sp³-hybridized carbons (Fsp3) is 0.487. The van der Waals surface area contributed by atoms with Gasteiger partial charge in [-0.2, -0.15) is 11.8 Å². The van der Waals surface area contributed by atoms with Crippen LogP contribution in [0.2, 0.25) is 0 Å². The molecule has 1 aliphatic heterocycles. The number of benzene rings is 3. The van der Waals surface area contributed by atoms with Crippen molar-refractivity contribution in [3.8, 4) is 5.75 Å².